The van der Waals surface area contributed by atoms with E-state index in [-0.39, 0.29) is 18.9 Å². The van der Waals surface area contributed by atoms with Crippen LogP contribution in [0.5, 0.6) is 0 Å². The number of hydrogen-bond acceptors (Lipinski definition) is 2. The molecule has 0 spiro atoms. The van der Waals surface area contributed by atoms with Gasteiger partial charge in [-0.2, -0.15) is 0 Å². The number of hydrogen-bond donors (Lipinski definition) is 1. The lowest BCUT2D eigenvalue weighted by Gasteiger charge is -2.37. The van der Waals surface area contributed by atoms with Gasteiger partial charge in [-0.3, -0.25) is 4.98 Å². The van der Waals surface area contributed by atoms with Crippen molar-refractivity contribution in [2.45, 2.75) is 57.4 Å². The number of pyridine rings is 1. The van der Waals surface area contributed by atoms with Crippen LogP contribution in [0.25, 0.3) is 0 Å². The van der Waals surface area contributed by atoms with Gasteiger partial charge in [0.2, 0.25) is 5.92 Å². The molecule has 0 radical (unpaired) electrons. The van der Waals surface area contributed by atoms with Crippen molar-refractivity contribution >= 4 is 0 Å². The molecule has 4 heteroatoms. The van der Waals surface area contributed by atoms with Gasteiger partial charge in [0.15, 0.2) is 0 Å². The van der Waals surface area contributed by atoms with Gasteiger partial charge >= 0.3 is 0 Å². The molecular weight excluding hydrogens is 258 g/mol. The molecule has 0 amide bonds. The smallest absolute Gasteiger partial charge is 0.248 e. The van der Waals surface area contributed by atoms with Gasteiger partial charge in [-0.25, -0.2) is 8.78 Å². The van der Waals surface area contributed by atoms with E-state index in [2.05, 4.69) is 24.1 Å². The molecular formula is C16H24F2N2. The highest BCUT2D eigenvalue weighted by Gasteiger charge is 2.38. The number of rotatable bonds is 5. The van der Waals surface area contributed by atoms with Crippen molar-refractivity contribution in [2.24, 2.45) is 5.92 Å². The minimum Gasteiger partial charge on any atom is -0.313 e. The molecule has 2 unspecified atom stereocenters. The van der Waals surface area contributed by atoms with Gasteiger partial charge in [0.05, 0.1) is 0 Å². The third-order valence-electron chi connectivity index (χ3n) is 4.48. The van der Waals surface area contributed by atoms with Crippen LogP contribution < -0.4 is 5.32 Å². The predicted molar refractivity (Wildman–Crippen MR) is 77.0 cm³/mol. The lowest BCUT2D eigenvalue weighted by Crippen LogP contribution is -2.43. The summed E-state index contributed by atoms with van der Waals surface area (Å²) in [7, 11) is 0. The van der Waals surface area contributed by atoms with Crippen LogP contribution in [-0.4, -0.2) is 23.5 Å². The Hall–Kier alpha value is -1.03. The van der Waals surface area contributed by atoms with Crippen LogP contribution in [-0.2, 0) is 0 Å². The number of nitrogens with zero attached hydrogens (tertiary/aromatic N) is 1. The molecule has 1 saturated carbocycles. The molecule has 1 heterocycles. The molecule has 0 bridgehead atoms. The summed E-state index contributed by atoms with van der Waals surface area (Å²) in [6.07, 6.45) is 4.87. The summed E-state index contributed by atoms with van der Waals surface area (Å²) in [5, 5.41) is 3.51. The van der Waals surface area contributed by atoms with Crippen molar-refractivity contribution in [1.29, 1.82) is 0 Å². The molecule has 20 heavy (non-hydrogen) atoms. The standard InChI is InChI=1S/C16H24F2N2/c1-3-20-15(12(2)13-6-10-19-11-7-13)14-4-8-16(17,18)9-5-14/h6-7,10-12,14-15,20H,3-5,8-9H2,1-2H3. The van der Waals surface area contributed by atoms with Crippen LogP contribution in [0.3, 0.4) is 0 Å². The molecule has 0 aliphatic heterocycles. The van der Waals surface area contributed by atoms with Crippen molar-refractivity contribution in [2.75, 3.05) is 6.54 Å². The maximum atomic E-state index is 13.3. The second-order valence-corrected chi connectivity index (χ2v) is 5.85. The fourth-order valence-electron chi connectivity index (χ4n) is 3.28. The molecule has 2 nitrogen and oxygen atoms in total. The zero-order chi connectivity index (χ0) is 14.6. The van der Waals surface area contributed by atoms with Crippen LogP contribution >= 0.6 is 0 Å². The molecule has 1 aliphatic rings. The van der Waals surface area contributed by atoms with E-state index in [1.165, 1.54) is 5.56 Å². The first-order chi connectivity index (χ1) is 9.53. The summed E-state index contributed by atoms with van der Waals surface area (Å²) in [5.41, 5.74) is 1.23. The fraction of sp³-hybridized carbons (Fsp3) is 0.688. The molecule has 1 aromatic heterocycles. The average molecular weight is 282 g/mol. The van der Waals surface area contributed by atoms with Crippen LogP contribution in [0.2, 0.25) is 0 Å². The number of aromatic nitrogens is 1. The first-order valence-electron chi connectivity index (χ1n) is 7.54. The highest BCUT2D eigenvalue weighted by atomic mass is 19.3. The molecule has 0 aromatic carbocycles. The average Bonchev–Trinajstić information content (AvgIpc) is 2.45. The SMILES string of the molecule is CCNC(C1CCC(F)(F)CC1)C(C)c1ccncc1. The third-order valence-corrected chi connectivity index (χ3v) is 4.48. The van der Waals surface area contributed by atoms with E-state index in [0.29, 0.717) is 24.7 Å². The van der Waals surface area contributed by atoms with Gasteiger partial charge in [0, 0.05) is 31.3 Å². The van der Waals surface area contributed by atoms with Gasteiger partial charge in [-0.15, -0.1) is 0 Å². The Balaban J connectivity index is 2.07. The quantitative estimate of drug-likeness (QED) is 0.883. The molecule has 2 rings (SSSR count). The minimum absolute atomic E-state index is 0.0304. The van der Waals surface area contributed by atoms with Crippen molar-refractivity contribution in [3.63, 3.8) is 0 Å². The topological polar surface area (TPSA) is 24.9 Å². The fourth-order valence-corrected chi connectivity index (χ4v) is 3.28. The molecule has 1 aliphatic carbocycles. The number of halogens is 2. The van der Waals surface area contributed by atoms with Crippen molar-refractivity contribution < 1.29 is 8.78 Å². The van der Waals surface area contributed by atoms with E-state index in [0.717, 1.165) is 6.54 Å². The predicted octanol–water partition coefficient (Wildman–Crippen LogP) is 3.99. The summed E-state index contributed by atoms with van der Waals surface area (Å²) in [4.78, 5) is 4.05. The van der Waals surface area contributed by atoms with Gasteiger partial charge in [0.1, 0.15) is 0 Å². The van der Waals surface area contributed by atoms with Gasteiger partial charge in [-0.05, 0) is 48.9 Å². The molecule has 1 fully saturated rings. The number of alkyl halides is 2. The second kappa shape index (κ2) is 6.61. The molecule has 0 saturated heterocycles. The van der Waals surface area contributed by atoms with Gasteiger partial charge in [0.25, 0.3) is 0 Å². The Morgan fingerprint density at radius 1 is 1.30 bits per heavy atom. The Morgan fingerprint density at radius 2 is 1.90 bits per heavy atom. The van der Waals surface area contributed by atoms with E-state index >= 15 is 0 Å². The monoisotopic (exact) mass is 282 g/mol. The summed E-state index contributed by atoms with van der Waals surface area (Å²) in [6, 6.07) is 4.30. The Morgan fingerprint density at radius 3 is 2.45 bits per heavy atom. The van der Waals surface area contributed by atoms with Gasteiger partial charge < -0.3 is 5.32 Å². The second-order valence-electron chi connectivity index (χ2n) is 5.85. The van der Waals surface area contributed by atoms with E-state index in [1.807, 2.05) is 12.1 Å². The lowest BCUT2D eigenvalue weighted by molar-refractivity contribution is -0.0503. The summed E-state index contributed by atoms with van der Waals surface area (Å²) < 4.78 is 26.6. The Labute approximate surface area is 120 Å². The van der Waals surface area contributed by atoms with Crippen molar-refractivity contribution in [1.82, 2.24) is 10.3 Å². The highest BCUT2D eigenvalue weighted by Crippen LogP contribution is 2.40. The Bertz CT molecular complexity index is 398. The zero-order valence-corrected chi connectivity index (χ0v) is 12.3. The molecule has 1 N–H and O–H groups in total. The minimum atomic E-state index is -2.45. The van der Waals surface area contributed by atoms with E-state index in [9.17, 15) is 8.78 Å². The van der Waals surface area contributed by atoms with Crippen molar-refractivity contribution in [3.05, 3.63) is 30.1 Å². The van der Waals surface area contributed by atoms with E-state index in [4.69, 9.17) is 0 Å². The third kappa shape index (κ3) is 3.75. The highest BCUT2D eigenvalue weighted by molar-refractivity contribution is 5.17. The van der Waals surface area contributed by atoms with Gasteiger partial charge in [-0.1, -0.05) is 13.8 Å². The van der Waals surface area contributed by atoms with Crippen LogP contribution in [0, 0.1) is 5.92 Å². The maximum Gasteiger partial charge on any atom is 0.248 e. The first kappa shape index (κ1) is 15.4. The summed E-state index contributed by atoms with van der Waals surface area (Å²) in [6.45, 7) is 5.12. The normalized spacial score (nSPS) is 22.4. The molecule has 1 aromatic rings. The Kier molecular flexibility index (Phi) is 5.08. The van der Waals surface area contributed by atoms with Crippen molar-refractivity contribution in [3.8, 4) is 0 Å². The summed E-state index contributed by atoms with van der Waals surface area (Å²) in [5.74, 6) is -1.81. The van der Waals surface area contributed by atoms with Crippen LogP contribution in [0.4, 0.5) is 8.78 Å². The lowest BCUT2D eigenvalue weighted by atomic mass is 9.76. The maximum absolute atomic E-state index is 13.3. The van der Waals surface area contributed by atoms with Crippen LogP contribution in [0.1, 0.15) is 51.0 Å². The van der Waals surface area contributed by atoms with Crippen LogP contribution in [0.15, 0.2) is 24.5 Å². The first-order valence-corrected chi connectivity index (χ1v) is 7.54. The largest absolute Gasteiger partial charge is 0.313 e. The summed E-state index contributed by atoms with van der Waals surface area (Å²) >= 11 is 0. The van der Waals surface area contributed by atoms with E-state index < -0.39 is 5.92 Å². The zero-order valence-electron chi connectivity index (χ0n) is 12.3. The number of nitrogens with one attached hydrogen (secondary N) is 1. The van der Waals surface area contributed by atoms with E-state index in [1.54, 1.807) is 12.4 Å². The molecule has 112 valence electrons. The number of likely N-dealkylation sites (N-methyl/N-ethyl adjacent to an activating group) is 1. The molecule has 2 atom stereocenters.